The van der Waals surface area contributed by atoms with Crippen molar-refractivity contribution >= 4 is 31.7 Å². The van der Waals surface area contributed by atoms with Gasteiger partial charge in [-0.15, -0.1) is 0 Å². The first-order valence-electron chi connectivity index (χ1n) is 8.04. The molecule has 0 saturated heterocycles. The Morgan fingerprint density at radius 3 is 2.95 bits per heavy atom. The predicted octanol–water partition coefficient (Wildman–Crippen LogP) is 4.05. The second-order valence-corrected chi connectivity index (χ2v) is 13.6. The van der Waals surface area contributed by atoms with Crippen LogP contribution in [0.15, 0.2) is 12.5 Å². The fraction of sp³-hybridized carbons (Fsp3) is 0.625. The third-order valence-electron chi connectivity index (χ3n) is 4.23. The molecule has 3 rings (SSSR count). The quantitative estimate of drug-likeness (QED) is 0.509. The van der Waals surface area contributed by atoms with Crippen LogP contribution in [0.2, 0.25) is 25.7 Å². The number of rotatable bonds is 5. The van der Waals surface area contributed by atoms with E-state index in [0.29, 0.717) is 6.73 Å². The van der Waals surface area contributed by atoms with Crippen molar-refractivity contribution < 1.29 is 4.74 Å². The van der Waals surface area contributed by atoms with Gasteiger partial charge in [0.05, 0.1) is 5.69 Å². The normalized spacial score (nSPS) is 18.6. The fourth-order valence-corrected chi connectivity index (χ4v) is 4.07. The lowest BCUT2D eigenvalue weighted by Crippen LogP contribution is -2.22. The van der Waals surface area contributed by atoms with Crippen LogP contribution >= 0.6 is 12.6 Å². The predicted molar refractivity (Wildman–Crippen MR) is 96.3 cm³/mol. The summed E-state index contributed by atoms with van der Waals surface area (Å²) in [5.41, 5.74) is 3.42. The number of ether oxygens (including phenoxy) is 1. The number of aryl methyl sites for hydroxylation is 1. The van der Waals surface area contributed by atoms with Gasteiger partial charge in [-0.05, 0) is 30.9 Å². The highest BCUT2D eigenvalue weighted by Crippen LogP contribution is 2.36. The molecule has 0 radical (unpaired) electrons. The average molecular weight is 336 g/mol. The van der Waals surface area contributed by atoms with Crippen molar-refractivity contribution in [2.24, 2.45) is 0 Å². The summed E-state index contributed by atoms with van der Waals surface area (Å²) in [6.45, 7) is 8.53. The van der Waals surface area contributed by atoms with Gasteiger partial charge in [-0.2, -0.15) is 12.6 Å². The van der Waals surface area contributed by atoms with Crippen LogP contribution in [0.1, 0.15) is 29.3 Å². The molecule has 120 valence electrons. The van der Waals surface area contributed by atoms with Crippen LogP contribution in [0.3, 0.4) is 0 Å². The Morgan fingerprint density at radius 1 is 1.36 bits per heavy atom. The lowest BCUT2D eigenvalue weighted by atomic mass is 10.1. The smallest absolute Gasteiger partial charge is 0.145 e. The second kappa shape index (κ2) is 6.33. The SMILES string of the molecule is C[Si](C)(C)CCOCn1cc2c3c(ncnc31)C(S)CCC2. The van der Waals surface area contributed by atoms with Gasteiger partial charge in [0.1, 0.15) is 18.7 Å². The van der Waals surface area contributed by atoms with E-state index in [1.165, 1.54) is 17.0 Å². The topological polar surface area (TPSA) is 39.9 Å². The van der Waals surface area contributed by atoms with E-state index in [4.69, 9.17) is 17.4 Å². The summed E-state index contributed by atoms with van der Waals surface area (Å²) in [4.78, 5) is 8.98. The third kappa shape index (κ3) is 3.39. The Balaban J connectivity index is 1.82. The maximum atomic E-state index is 5.90. The van der Waals surface area contributed by atoms with Crippen molar-refractivity contribution in [2.45, 2.75) is 56.9 Å². The molecule has 0 spiro atoms. The Kier molecular flexibility index (Phi) is 4.61. The van der Waals surface area contributed by atoms with Gasteiger partial charge in [0, 0.05) is 31.5 Å². The van der Waals surface area contributed by atoms with E-state index in [-0.39, 0.29) is 5.25 Å². The van der Waals surface area contributed by atoms with E-state index >= 15 is 0 Å². The molecule has 0 saturated carbocycles. The first kappa shape index (κ1) is 16.0. The maximum absolute atomic E-state index is 5.90. The Hall–Kier alpha value is -0.853. The minimum absolute atomic E-state index is 0.218. The molecule has 0 aliphatic heterocycles. The fourth-order valence-electron chi connectivity index (χ4n) is 2.93. The summed E-state index contributed by atoms with van der Waals surface area (Å²) >= 11 is 4.71. The number of nitrogens with zero attached hydrogens (tertiary/aromatic N) is 3. The summed E-state index contributed by atoms with van der Waals surface area (Å²) in [7, 11) is -1.04. The van der Waals surface area contributed by atoms with Crippen LogP contribution in [-0.2, 0) is 17.9 Å². The Morgan fingerprint density at radius 2 is 2.18 bits per heavy atom. The van der Waals surface area contributed by atoms with Gasteiger partial charge in [-0.25, -0.2) is 9.97 Å². The lowest BCUT2D eigenvalue weighted by Gasteiger charge is -2.15. The Labute approximate surface area is 138 Å². The molecule has 6 heteroatoms. The number of aromatic nitrogens is 3. The lowest BCUT2D eigenvalue weighted by molar-refractivity contribution is 0.0898. The molecular formula is C16H25N3OSSi. The molecule has 0 bridgehead atoms. The summed E-state index contributed by atoms with van der Waals surface area (Å²) in [5, 5.41) is 1.42. The average Bonchev–Trinajstić information content (AvgIpc) is 2.72. The highest BCUT2D eigenvalue weighted by atomic mass is 32.1. The van der Waals surface area contributed by atoms with Crippen molar-refractivity contribution in [2.75, 3.05) is 6.61 Å². The van der Waals surface area contributed by atoms with Crippen molar-refractivity contribution in [3.63, 3.8) is 0 Å². The van der Waals surface area contributed by atoms with Crippen LogP contribution in [0.4, 0.5) is 0 Å². The van der Waals surface area contributed by atoms with E-state index in [1.54, 1.807) is 6.33 Å². The highest BCUT2D eigenvalue weighted by molar-refractivity contribution is 7.80. The molecule has 22 heavy (non-hydrogen) atoms. The molecule has 1 aliphatic carbocycles. The van der Waals surface area contributed by atoms with Crippen molar-refractivity contribution in [3.8, 4) is 0 Å². The number of thiol groups is 1. The second-order valence-electron chi connectivity index (χ2n) is 7.34. The summed E-state index contributed by atoms with van der Waals surface area (Å²) in [6.07, 6.45) is 7.17. The molecule has 1 atom stereocenters. The van der Waals surface area contributed by atoms with Gasteiger partial charge < -0.3 is 9.30 Å². The van der Waals surface area contributed by atoms with Gasteiger partial charge in [-0.1, -0.05) is 19.6 Å². The minimum Gasteiger partial charge on any atom is -0.361 e. The van der Waals surface area contributed by atoms with Gasteiger partial charge in [-0.3, -0.25) is 0 Å². The molecular weight excluding hydrogens is 310 g/mol. The van der Waals surface area contributed by atoms with Crippen LogP contribution in [0, 0.1) is 0 Å². The molecule has 2 aromatic rings. The van der Waals surface area contributed by atoms with E-state index in [2.05, 4.69) is 40.4 Å². The van der Waals surface area contributed by atoms with Crippen LogP contribution in [-0.4, -0.2) is 29.2 Å². The molecule has 2 aromatic heterocycles. The summed E-state index contributed by atoms with van der Waals surface area (Å²) in [6, 6.07) is 1.19. The van der Waals surface area contributed by atoms with Crippen molar-refractivity contribution in [1.82, 2.24) is 14.5 Å². The zero-order chi connectivity index (χ0) is 15.7. The molecule has 0 amide bonds. The van der Waals surface area contributed by atoms with Crippen molar-refractivity contribution in [1.29, 1.82) is 0 Å². The Bertz CT molecular complexity index is 665. The molecule has 1 unspecified atom stereocenters. The van der Waals surface area contributed by atoms with E-state index in [9.17, 15) is 0 Å². The highest BCUT2D eigenvalue weighted by Gasteiger charge is 2.22. The van der Waals surface area contributed by atoms with E-state index in [0.717, 1.165) is 37.2 Å². The molecule has 4 nitrogen and oxygen atoms in total. The monoisotopic (exact) mass is 335 g/mol. The zero-order valence-electron chi connectivity index (χ0n) is 13.7. The molecule has 2 heterocycles. The largest absolute Gasteiger partial charge is 0.361 e. The molecule has 1 aliphatic rings. The molecule has 0 aromatic carbocycles. The third-order valence-corrected chi connectivity index (χ3v) is 6.43. The van der Waals surface area contributed by atoms with Crippen LogP contribution < -0.4 is 0 Å². The first-order chi connectivity index (χ1) is 10.5. The van der Waals surface area contributed by atoms with E-state index < -0.39 is 8.07 Å². The van der Waals surface area contributed by atoms with Gasteiger partial charge in [0.2, 0.25) is 0 Å². The van der Waals surface area contributed by atoms with Crippen LogP contribution in [0.25, 0.3) is 11.0 Å². The minimum atomic E-state index is -1.04. The molecule has 0 fully saturated rings. The van der Waals surface area contributed by atoms with Crippen LogP contribution in [0.5, 0.6) is 0 Å². The molecule has 0 N–H and O–H groups in total. The van der Waals surface area contributed by atoms with E-state index in [1.807, 2.05) is 0 Å². The zero-order valence-corrected chi connectivity index (χ0v) is 15.6. The number of hydrogen-bond acceptors (Lipinski definition) is 4. The maximum Gasteiger partial charge on any atom is 0.145 e. The van der Waals surface area contributed by atoms with Gasteiger partial charge >= 0.3 is 0 Å². The first-order valence-corrected chi connectivity index (χ1v) is 12.3. The summed E-state index contributed by atoms with van der Waals surface area (Å²) < 4.78 is 8.03. The number of hydrogen-bond donors (Lipinski definition) is 1. The summed E-state index contributed by atoms with van der Waals surface area (Å²) in [5.74, 6) is 0. The standard InChI is InChI=1S/C16H25N3OSSi/c1-22(2,3)8-7-20-11-19-9-12-5-4-6-13(21)15-14(12)16(19)18-10-17-15/h9-10,13,21H,4-8,11H2,1-3H3. The van der Waals surface area contributed by atoms with Gasteiger partial charge in [0.15, 0.2) is 0 Å². The van der Waals surface area contributed by atoms with Gasteiger partial charge in [0.25, 0.3) is 0 Å². The van der Waals surface area contributed by atoms with Crippen molar-refractivity contribution in [3.05, 3.63) is 23.8 Å².